The van der Waals surface area contributed by atoms with Gasteiger partial charge >= 0.3 is 0 Å². The van der Waals surface area contributed by atoms with Crippen molar-refractivity contribution in [1.29, 1.82) is 0 Å². The van der Waals surface area contributed by atoms with E-state index in [0.29, 0.717) is 18.4 Å². The number of hydrogen-bond donors (Lipinski definition) is 3. The number of anilines is 1. The number of H-pyrrole nitrogens is 2. The summed E-state index contributed by atoms with van der Waals surface area (Å²) in [6.07, 6.45) is 0.363. The number of amides is 1. The lowest BCUT2D eigenvalue weighted by Gasteiger charge is -2.15. The topological polar surface area (TPSA) is 95.0 Å². The third kappa shape index (κ3) is 1.53. The molecule has 1 atom stereocenters. The molecule has 4 N–H and O–H groups in total. The zero-order chi connectivity index (χ0) is 12.0. The van der Waals surface area contributed by atoms with Gasteiger partial charge in [0.2, 0.25) is 5.91 Å². The molecule has 88 valence electrons. The molecule has 2 aromatic rings. The van der Waals surface area contributed by atoms with Crippen LogP contribution in [0.25, 0.3) is 10.9 Å². The maximum Gasteiger partial charge on any atom is 0.271 e. The van der Waals surface area contributed by atoms with Crippen LogP contribution in [-0.2, 0) is 4.79 Å². The van der Waals surface area contributed by atoms with E-state index in [1.54, 1.807) is 17.0 Å². The molecule has 1 unspecified atom stereocenters. The highest BCUT2D eigenvalue weighted by molar-refractivity contribution is 5.98. The molecule has 6 nitrogen and oxygen atoms in total. The van der Waals surface area contributed by atoms with Crippen molar-refractivity contribution in [3.63, 3.8) is 0 Å². The van der Waals surface area contributed by atoms with Crippen molar-refractivity contribution in [2.45, 2.75) is 12.5 Å². The summed E-state index contributed by atoms with van der Waals surface area (Å²) in [4.78, 5) is 24.8. The number of hydrogen-bond acceptors (Lipinski definition) is 3. The minimum atomic E-state index is -0.183. The standard InChI is InChI=1S/C11H12N4O2/c12-6-3-10(16)15(5-6)7-1-2-9-8(4-7)11(17)14-13-9/h1-2,4,6H,3,5,12H2,(H2,13,14,17). The minimum Gasteiger partial charge on any atom is -0.326 e. The predicted molar refractivity (Wildman–Crippen MR) is 63.9 cm³/mol. The van der Waals surface area contributed by atoms with Crippen LogP contribution in [0.2, 0.25) is 0 Å². The molecule has 1 saturated heterocycles. The van der Waals surface area contributed by atoms with E-state index in [1.807, 2.05) is 6.07 Å². The molecule has 0 saturated carbocycles. The second-order valence-electron chi connectivity index (χ2n) is 4.28. The molecule has 0 aliphatic carbocycles. The highest BCUT2D eigenvalue weighted by Gasteiger charge is 2.28. The van der Waals surface area contributed by atoms with Gasteiger partial charge in [-0.3, -0.25) is 19.8 Å². The van der Waals surface area contributed by atoms with Gasteiger partial charge in [-0.2, -0.15) is 0 Å². The van der Waals surface area contributed by atoms with Gasteiger partial charge < -0.3 is 10.6 Å². The van der Waals surface area contributed by atoms with E-state index in [0.717, 1.165) is 11.2 Å². The van der Waals surface area contributed by atoms with Crippen molar-refractivity contribution in [3.8, 4) is 0 Å². The average Bonchev–Trinajstić information content (AvgIpc) is 2.83. The first-order chi connectivity index (χ1) is 8.15. The van der Waals surface area contributed by atoms with Crippen LogP contribution < -0.4 is 16.2 Å². The van der Waals surface area contributed by atoms with Crippen molar-refractivity contribution in [1.82, 2.24) is 10.2 Å². The van der Waals surface area contributed by atoms with Gasteiger partial charge in [0.25, 0.3) is 5.56 Å². The van der Waals surface area contributed by atoms with E-state index in [1.165, 1.54) is 0 Å². The molecule has 0 spiro atoms. The third-order valence-corrected chi connectivity index (χ3v) is 3.03. The fourth-order valence-corrected chi connectivity index (χ4v) is 2.17. The Bertz CT molecular complexity index is 642. The predicted octanol–water partition coefficient (Wildman–Crippen LogP) is -0.0798. The molecular formula is C11H12N4O2. The van der Waals surface area contributed by atoms with Gasteiger partial charge in [0.05, 0.1) is 10.9 Å². The second-order valence-corrected chi connectivity index (χ2v) is 4.28. The zero-order valence-electron chi connectivity index (χ0n) is 9.06. The SMILES string of the molecule is NC1CC(=O)N(c2ccc3[nH][nH]c(=O)c3c2)C1. The Morgan fingerprint density at radius 1 is 1.29 bits per heavy atom. The van der Waals surface area contributed by atoms with E-state index >= 15 is 0 Å². The van der Waals surface area contributed by atoms with Crippen molar-refractivity contribution >= 4 is 22.5 Å². The van der Waals surface area contributed by atoms with Gasteiger partial charge in [-0.15, -0.1) is 0 Å². The number of aromatic amines is 2. The first-order valence-electron chi connectivity index (χ1n) is 5.41. The highest BCUT2D eigenvalue weighted by Crippen LogP contribution is 2.23. The van der Waals surface area contributed by atoms with E-state index in [-0.39, 0.29) is 17.5 Å². The average molecular weight is 232 g/mol. The lowest BCUT2D eigenvalue weighted by atomic mass is 10.2. The normalized spacial score (nSPS) is 20.4. The highest BCUT2D eigenvalue weighted by atomic mass is 16.2. The first-order valence-corrected chi connectivity index (χ1v) is 5.41. The maximum atomic E-state index is 11.7. The number of carbonyl (C=O) groups excluding carboxylic acids is 1. The van der Waals surface area contributed by atoms with Gasteiger partial charge in [0.1, 0.15) is 0 Å². The zero-order valence-corrected chi connectivity index (χ0v) is 9.06. The fraction of sp³-hybridized carbons (Fsp3) is 0.273. The van der Waals surface area contributed by atoms with Crippen LogP contribution in [-0.4, -0.2) is 28.7 Å². The molecular weight excluding hydrogens is 220 g/mol. The Hall–Kier alpha value is -2.08. The molecule has 1 aromatic carbocycles. The van der Waals surface area contributed by atoms with E-state index < -0.39 is 0 Å². The van der Waals surface area contributed by atoms with Crippen LogP contribution in [0.3, 0.4) is 0 Å². The summed E-state index contributed by atoms with van der Waals surface area (Å²) in [7, 11) is 0. The maximum absolute atomic E-state index is 11.7. The quantitative estimate of drug-likeness (QED) is 0.641. The number of nitrogens with two attached hydrogens (primary N) is 1. The summed E-state index contributed by atoms with van der Waals surface area (Å²) in [5.41, 5.74) is 7.01. The summed E-state index contributed by atoms with van der Waals surface area (Å²) in [6, 6.07) is 5.17. The van der Waals surface area contributed by atoms with E-state index in [2.05, 4.69) is 10.2 Å². The van der Waals surface area contributed by atoms with Crippen molar-refractivity contribution in [2.24, 2.45) is 5.73 Å². The number of benzene rings is 1. The van der Waals surface area contributed by atoms with Crippen LogP contribution in [0, 0.1) is 0 Å². The summed E-state index contributed by atoms with van der Waals surface area (Å²) < 4.78 is 0. The first kappa shape index (κ1) is 10.1. The molecule has 2 heterocycles. The summed E-state index contributed by atoms with van der Waals surface area (Å²) in [6.45, 7) is 0.507. The monoisotopic (exact) mass is 232 g/mol. The fourth-order valence-electron chi connectivity index (χ4n) is 2.17. The Labute approximate surface area is 96.4 Å². The number of nitrogens with one attached hydrogen (secondary N) is 2. The Kier molecular flexibility index (Phi) is 2.05. The molecule has 1 aliphatic heterocycles. The van der Waals surface area contributed by atoms with Crippen LogP contribution >= 0.6 is 0 Å². The third-order valence-electron chi connectivity index (χ3n) is 3.03. The van der Waals surface area contributed by atoms with Gasteiger partial charge in [-0.25, -0.2) is 0 Å². The van der Waals surface area contributed by atoms with Gasteiger partial charge in [0, 0.05) is 24.7 Å². The largest absolute Gasteiger partial charge is 0.326 e. The lowest BCUT2D eigenvalue weighted by Crippen LogP contribution is -2.27. The molecule has 1 aliphatic rings. The van der Waals surface area contributed by atoms with Crippen molar-refractivity contribution < 1.29 is 4.79 Å². The lowest BCUT2D eigenvalue weighted by molar-refractivity contribution is -0.117. The number of aromatic nitrogens is 2. The molecule has 1 fully saturated rings. The minimum absolute atomic E-state index is 0.00353. The number of rotatable bonds is 1. The molecule has 6 heteroatoms. The molecule has 0 bridgehead atoms. The molecule has 1 aromatic heterocycles. The molecule has 3 rings (SSSR count). The van der Waals surface area contributed by atoms with E-state index in [9.17, 15) is 9.59 Å². The Morgan fingerprint density at radius 2 is 2.12 bits per heavy atom. The van der Waals surface area contributed by atoms with Crippen LogP contribution in [0.1, 0.15) is 6.42 Å². The van der Waals surface area contributed by atoms with Crippen molar-refractivity contribution in [2.75, 3.05) is 11.4 Å². The van der Waals surface area contributed by atoms with Crippen molar-refractivity contribution in [3.05, 3.63) is 28.6 Å². The van der Waals surface area contributed by atoms with Gasteiger partial charge in [-0.1, -0.05) is 0 Å². The van der Waals surface area contributed by atoms with Crippen LogP contribution in [0.15, 0.2) is 23.0 Å². The number of nitrogens with zero attached hydrogens (tertiary/aromatic N) is 1. The summed E-state index contributed by atoms with van der Waals surface area (Å²) in [5.74, 6) is 0.00353. The molecule has 0 radical (unpaired) electrons. The smallest absolute Gasteiger partial charge is 0.271 e. The number of fused-ring (bicyclic) bond motifs is 1. The molecule has 17 heavy (non-hydrogen) atoms. The Balaban J connectivity index is 2.09. The van der Waals surface area contributed by atoms with Crippen LogP contribution in [0.4, 0.5) is 5.69 Å². The number of carbonyl (C=O) groups is 1. The van der Waals surface area contributed by atoms with Crippen LogP contribution in [0.5, 0.6) is 0 Å². The van der Waals surface area contributed by atoms with E-state index in [4.69, 9.17) is 5.73 Å². The van der Waals surface area contributed by atoms with Gasteiger partial charge in [0.15, 0.2) is 0 Å². The van der Waals surface area contributed by atoms with Gasteiger partial charge in [-0.05, 0) is 18.2 Å². The summed E-state index contributed by atoms with van der Waals surface area (Å²) >= 11 is 0. The molecule has 1 amide bonds. The summed E-state index contributed by atoms with van der Waals surface area (Å²) in [5, 5.41) is 5.82. The second kappa shape index (κ2) is 3.46. The Morgan fingerprint density at radius 3 is 2.82 bits per heavy atom.